The first kappa shape index (κ1) is 23.1. The molecule has 148 valence electrons. The molecule has 2 N–H and O–H groups in total. The van der Waals surface area contributed by atoms with E-state index in [1.807, 2.05) is 0 Å². The molecule has 0 aromatic heterocycles. The standard InChI is InChI=1S/C19H29F2N3O.HI/c1-22-18(23-11-7-15-5-6-16(20)13-17(15)21)24-14-19(10-12-25-2)8-3-4-9-19;/h5-6,13H,3-4,7-12,14H2,1-2H3,(H2,22,23,24);1H. The molecule has 0 radical (unpaired) electrons. The lowest BCUT2D eigenvalue weighted by molar-refractivity contribution is 0.138. The van der Waals surface area contributed by atoms with Gasteiger partial charge in [-0.15, -0.1) is 24.0 Å². The van der Waals surface area contributed by atoms with Crippen molar-refractivity contribution in [3.63, 3.8) is 0 Å². The van der Waals surface area contributed by atoms with Crippen LogP contribution in [0.3, 0.4) is 0 Å². The molecule has 0 spiro atoms. The molecule has 1 aromatic carbocycles. The summed E-state index contributed by atoms with van der Waals surface area (Å²) in [7, 11) is 3.47. The van der Waals surface area contributed by atoms with Gasteiger partial charge in [0.05, 0.1) is 0 Å². The summed E-state index contributed by atoms with van der Waals surface area (Å²) in [6, 6.07) is 3.69. The third kappa shape index (κ3) is 6.98. The van der Waals surface area contributed by atoms with Crippen molar-refractivity contribution >= 4 is 29.9 Å². The monoisotopic (exact) mass is 481 g/mol. The Morgan fingerprint density at radius 2 is 1.96 bits per heavy atom. The van der Waals surface area contributed by atoms with Gasteiger partial charge in [0.15, 0.2) is 5.96 Å². The molecule has 0 atom stereocenters. The smallest absolute Gasteiger partial charge is 0.191 e. The fourth-order valence-corrected chi connectivity index (χ4v) is 3.49. The van der Waals surface area contributed by atoms with E-state index in [1.54, 1.807) is 14.2 Å². The van der Waals surface area contributed by atoms with Crippen LogP contribution in [-0.2, 0) is 11.2 Å². The van der Waals surface area contributed by atoms with Crippen molar-refractivity contribution in [2.24, 2.45) is 10.4 Å². The molecule has 7 heteroatoms. The maximum absolute atomic E-state index is 13.7. The van der Waals surface area contributed by atoms with E-state index in [0.29, 0.717) is 24.5 Å². The summed E-state index contributed by atoms with van der Waals surface area (Å²) < 4.78 is 31.8. The number of ether oxygens (including phenoxy) is 1. The number of methoxy groups -OCH3 is 1. The summed E-state index contributed by atoms with van der Waals surface area (Å²) in [6.45, 7) is 2.17. The van der Waals surface area contributed by atoms with E-state index in [2.05, 4.69) is 15.6 Å². The van der Waals surface area contributed by atoms with E-state index in [0.717, 1.165) is 25.6 Å². The molecule has 1 saturated carbocycles. The zero-order valence-electron chi connectivity index (χ0n) is 15.6. The normalized spacial score (nSPS) is 16.2. The average molecular weight is 481 g/mol. The number of nitrogens with one attached hydrogen (secondary N) is 2. The van der Waals surface area contributed by atoms with E-state index in [9.17, 15) is 8.78 Å². The van der Waals surface area contributed by atoms with Crippen LogP contribution in [0.4, 0.5) is 8.78 Å². The SMILES string of the molecule is CN=C(NCCc1ccc(F)cc1F)NCC1(CCOC)CCCC1.I. The lowest BCUT2D eigenvalue weighted by Gasteiger charge is -2.30. The first-order valence-corrected chi connectivity index (χ1v) is 8.96. The van der Waals surface area contributed by atoms with Crippen LogP contribution >= 0.6 is 24.0 Å². The summed E-state index contributed by atoms with van der Waals surface area (Å²) in [5.74, 6) is -0.343. The highest BCUT2D eigenvalue weighted by molar-refractivity contribution is 14.0. The number of benzene rings is 1. The quantitative estimate of drug-likeness (QED) is 0.337. The van der Waals surface area contributed by atoms with Gasteiger partial charge in [-0.3, -0.25) is 4.99 Å². The van der Waals surface area contributed by atoms with E-state index >= 15 is 0 Å². The van der Waals surface area contributed by atoms with Gasteiger partial charge >= 0.3 is 0 Å². The Bertz CT molecular complexity index is 578. The van der Waals surface area contributed by atoms with E-state index in [1.165, 1.54) is 37.8 Å². The molecule has 0 bridgehead atoms. The molecule has 26 heavy (non-hydrogen) atoms. The zero-order valence-corrected chi connectivity index (χ0v) is 17.9. The highest BCUT2D eigenvalue weighted by Gasteiger charge is 2.33. The maximum Gasteiger partial charge on any atom is 0.191 e. The minimum Gasteiger partial charge on any atom is -0.385 e. The molecule has 1 aromatic rings. The van der Waals surface area contributed by atoms with Crippen LogP contribution in [0.25, 0.3) is 0 Å². The van der Waals surface area contributed by atoms with Gasteiger partial charge in [-0.1, -0.05) is 18.9 Å². The third-order valence-corrected chi connectivity index (χ3v) is 5.06. The van der Waals surface area contributed by atoms with Crippen LogP contribution in [0.2, 0.25) is 0 Å². The van der Waals surface area contributed by atoms with Crippen molar-refractivity contribution in [2.75, 3.05) is 33.9 Å². The van der Waals surface area contributed by atoms with Crippen LogP contribution in [0, 0.1) is 17.0 Å². The minimum absolute atomic E-state index is 0. The Kier molecular flexibility index (Phi) is 10.4. The minimum atomic E-state index is -0.551. The number of rotatable bonds is 8. The van der Waals surface area contributed by atoms with E-state index in [4.69, 9.17) is 4.74 Å². The molecular weight excluding hydrogens is 451 g/mol. The van der Waals surface area contributed by atoms with Gasteiger partial charge in [-0.05, 0) is 42.7 Å². The Balaban J connectivity index is 0.00000338. The largest absolute Gasteiger partial charge is 0.385 e. The van der Waals surface area contributed by atoms with Gasteiger partial charge in [0.1, 0.15) is 11.6 Å². The number of aliphatic imine (C=N–C) groups is 1. The van der Waals surface area contributed by atoms with Gasteiger partial charge in [0.2, 0.25) is 0 Å². The van der Waals surface area contributed by atoms with E-state index < -0.39 is 11.6 Å². The fraction of sp³-hybridized carbons (Fsp3) is 0.632. The van der Waals surface area contributed by atoms with Crippen molar-refractivity contribution in [3.05, 3.63) is 35.4 Å². The van der Waals surface area contributed by atoms with Gasteiger partial charge in [0, 0.05) is 39.9 Å². The van der Waals surface area contributed by atoms with Crippen molar-refractivity contribution in [1.29, 1.82) is 0 Å². The third-order valence-electron chi connectivity index (χ3n) is 5.06. The first-order chi connectivity index (χ1) is 12.1. The molecule has 0 saturated heterocycles. The molecule has 4 nitrogen and oxygen atoms in total. The highest BCUT2D eigenvalue weighted by Crippen LogP contribution is 2.40. The highest BCUT2D eigenvalue weighted by atomic mass is 127. The average Bonchev–Trinajstić information content (AvgIpc) is 3.07. The van der Waals surface area contributed by atoms with Gasteiger partial charge in [0.25, 0.3) is 0 Å². The second-order valence-electron chi connectivity index (χ2n) is 6.79. The fourth-order valence-electron chi connectivity index (χ4n) is 3.49. The Hall–Kier alpha value is -0.960. The topological polar surface area (TPSA) is 45.7 Å². The predicted octanol–water partition coefficient (Wildman–Crippen LogP) is 3.89. The number of guanidine groups is 1. The number of hydrogen-bond donors (Lipinski definition) is 2. The number of halogens is 3. The Morgan fingerprint density at radius 3 is 2.58 bits per heavy atom. The van der Waals surface area contributed by atoms with Crippen LogP contribution in [0.5, 0.6) is 0 Å². The summed E-state index contributed by atoms with van der Waals surface area (Å²) in [4.78, 5) is 4.24. The zero-order chi connectivity index (χ0) is 18.1. The lowest BCUT2D eigenvalue weighted by atomic mass is 9.83. The van der Waals surface area contributed by atoms with Crippen LogP contribution < -0.4 is 10.6 Å². The van der Waals surface area contributed by atoms with Crippen molar-refractivity contribution in [2.45, 2.75) is 38.5 Å². The van der Waals surface area contributed by atoms with Crippen LogP contribution in [0.1, 0.15) is 37.7 Å². The maximum atomic E-state index is 13.7. The molecule has 0 unspecified atom stereocenters. The Morgan fingerprint density at radius 1 is 1.23 bits per heavy atom. The van der Waals surface area contributed by atoms with Gasteiger partial charge in [-0.2, -0.15) is 0 Å². The summed E-state index contributed by atoms with van der Waals surface area (Å²) in [6.07, 6.45) is 6.47. The Labute approximate surface area is 172 Å². The van der Waals surface area contributed by atoms with E-state index in [-0.39, 0.29) is 29.4 Å². The summed E-state index contributed by atoms with van der Waals surface area (Å²) >= 11 is 0. The molecular formula is C19H30F2IN3O. The molecule has 0 heterocycles. The molecule has 0 aliphatic heterocycles. The summed E-state index contributed by atoms with van der Waals surface area (Å²) in [5, 5.41) is 6.60. The molecule has 1 fully saturated rings. The van der Waals surface area contributed by atoms with Crippen LogP contribution in [0.15, 0.2) is 23.2 Å². The second-order valence-corrected chi connectivity index (χ2v) is 6.79. The predicted molar refractivity (Wildman–Crippen MR) is 112 cm³/mol. The summed E-state index contributed by atoms with van der Waals surface area (Å²) in [5.41, 5.74) is 0.771. The van der Waals surface area contributed by atoms with Crippen LogP contribution in [-0.4, -0.2) is 39.8 Å². The number of hydrogen-bond acceptors (Lipinski definition) is 2. The van der Waals surface area contributed by atoms with Crippen molar-refractivity contribution in [1.82, 2.24) is 10.6 Å². The molecule has 1 aliphatic rings. The lowest BCUT2D eigenvalue weighted by Crippen LogP contribution is -2.44. The van der Waals surface area contributed by atoms with Crippen molar-refractivity contribution < 1.29 is 13.5 Å². The van der Waals surface area contributed by atoms with Gasteiger partial charge in [-0.25, -0.2) is 8.78 Å². The first-order valence-electron chi connectivity index (χ1n) is 8.96. The molecule has 2 rings (SSSR count). The van der Waals surface area contributed by atoms with Gasteiger partial charge < -0.3 is 15.4 Å². The molecule has 0 amide bonds. The second kappa shape index (κ2) is 11.7. The van der Waals surface area contributed by atoms with Crippen molar-refractivity contribution in [3.8, 4) is 0 Å². The number of nitrogens with zero attached hydrogens (tertiary/aromatic N) is 1. The molecule has 1 aliphatic carbocycles.